The monoisotopic (exact) mass is 347 g/mol. The predicted octanol–water partition coefficient (Wildman–Crippen LogP) is 2.56. The minimum atomic E-state index is -0.151. The maximum atomic E-state index is 12.4. The first-order valence-corrected chi connectivity index (χ1v) is 9.83. The molecule has 1 saturated heterocycles. The number of piperidine rings is 1. The number of aliphatic hydroxyl groups excluding tert-OH is 1. The SMILES string of the molecule is CC(C)(C)c1cc(=O)n(CC2CCN(C3CCCCC3O)CC2)cn1. The van der Waals surface area contributed by atoms with Crippen molar-refractivity contribution < 1.29 is 5.11 Å². The molecular formula is C20H33N3O2. The Morgan fingerprint density at radius 2 is 1.84 bits per heavy atom. The third-order valence-electron chi connectivity index (χ3n) is 5.91. The van der Waals surface area contributed by atoms with Gasteiger partial charge in [0.1, 0.15) is 0 Å². The fourth-order valence-electron chi connectivity index (χ4n) is 4.24. The molecule has 5 nitrogen and oxygen atoms in total. The Bertz CT molecular complexity index is 627. The number of hydrogen-bond donors (Lipinski definition) is 1. The van der Waals surface area contributed by atoms with E-state index in [2.05, 4.69) is 30.7 Å². The zero-order chi connectivity index (χ0) is 18.0. The molecule has 0 amide bonds. The Labute approximate surface area is 151 Å². The highest BCUT2D eigenvalue weighted by Crippen LogP contribution is 2.28. The molecule has 2 aliphatic rings. The maximum absolute atomic E-state index is 12.4. The Morgan fingerprint density at radius 3 is 2.44 bits per heavy atom. The molecule has 0 spiro atoms. The summed E-state index contributed by atoms with van der Waals surface area (Å²) >= 11 is 0. The lowest BCUT2D eigenvalue weighted by molar-refractivity contribution is 0.00273. The van der Waals surface area contributed by atoms with E-state index in [9.17, 15) is 9.90 Å². The van der Waals surface area contributed by atoms with Crippen molar-refractivity contribution in [2.45, 2.75) is 83.4 Å². The minimum absolute atomic E-state index is 0.0602. The average Bonchev–Trinajstić information content (AvgIpc) is 2.57. The summed E-state index contributed by atoms with van der Waals surface area (Å²) in [5.74, 6) is 0.525. The van der Waals surface area contributed by atoms with Crippen molar-refractivity contribution in [1.82, 2.24) is 14.5 Å². The lowest BCUT2D eigenvalue weighted by Gasteiger charge is -2.41. The topological polar surface area (TPSA) is 58.4 Å². The van der Waals surface area contributed by atoms with Crippen molar-refractivity contribution in [3.63, 3.8) is 0 Å². The van der Waals surface area contributed by atoms with E-state index in [1.165, 1.54) is 6.42 Å². The van der Waals surface area contributed by atoms with Crippen LogP contribution in [-0.2, 0) is 12.0 Å². The highest BCUT2D eigenvalue weighted by atomic mass is 16.3. The Morgan fingerprint density at radius 1 is 1.16 bits per heavy atom. The predicted molar refractivity (Wildman–Crippen MR) is 99.8 cm³/mol. The molecule has 0 aromatic carbocycles. The maximum Gasteiger partial charge on any atom is 0.253 e. The fraction of sp³-hybridized carbons (Fsp3) is 0.800. The van der Waals surface area contributed by atoms with Gasteiger partial charge in [0.2, 0.25) is 0 Å². The van der Waals surface area contributed by atoms with Gasteiger partial charge in [-0.15, -0.1) is 0 Å². The van der Waals surface area contributed by atoms with Crippen LogP contribution in [0.2, 0.25) is 0 Å². The van der Waals surface area contributed by atoms with Crippen LogP contribution in [0.1, 0.15) is 65.0 Å². The van der Waals surface area contributed by atoms with Gasteiger partial charge in [0.05, 0.1) is 18.1 Å². The van der Waals surface area contributed by atoms with Crippen molar-refractivity contribution in [2.24, 2.45) is 5.92 Å². The molecule has 1 aliphatic heterocycles. The summed E-state index contributed by atoms with van der Waals surface area (Å²) in [6.45, 7) is 9.07. The first-order chi connectivity index (χ1) is 11.8. The summed E-state index contributed by atoms with van der Waals surface area (Å²) < 4.78 is 1.77. The molecule has 140 valence electrons. The quantitative estimate of drug-likeness (QED) is 0.913. The van der Waals surface area contributed by atoms with E-state index >= 15 is 0 Å². The highest BCUT2D eigenvalue weighted by molar-refractivity contribution is 5.10. The highest BCUT2D eigenvalue weighted by Gasteiger charge is 2.31. The molecule has 5 heteroatoms. The molecule has 1 aromatic heterocycles. The van der Waals surface area contributed by atoms with Crippen molar-refractivity contribution in [3.05, 3.63) is 28.4 Å². The number of nitrogens with zero attached hydrogens (tertiary/aromatic N) is 3. The second kappa shape index (κ2) is 7.58. The summed E-state index contributed by atoms with van der Waals surface area (Å²) in [5.41, 5.74) is 0.824. The molecule has 0 radical (unpaired) electrons. The van der Waals surface area contributed by atoms with Gasteiger partial charge >= 0.3 is 0 Å². The number of aliphatic hydroxyl groups is 1. The molecule has 1 aromatic rings. The second-order valence-corrected chi connectivity index (χ2v) is 8.91. The van der Waals surface area contributed by atoms with Crippen LogP contribution >= 0.6 is 0 Å². The largest absolute Gasteiger partial charge is 0.391 e. The second-order valence-electron chi connectivity index (χ2n) is 8.91. The van der Waals surface area contributed by atoms with Crippen LogP contribution in [0.15, 0.2) is 17.2 Å². The van der Waals surface area contributed by atoms with Crippen molar-refractivity contribution >= 4 is 0 Å². The number of likely N-dealkylation sites (tertiary alicyclic amines) is 1. The van der Waals surface area contributed by atoms with Gasteiger partial charge in [-0.1, -0.05) is 33.6 Å². The van der Waals surface area contributed by atoms with E-state index < -0.39 is 0 Å². The Kier molecular flexibility index (Phi) is 5.64. The molecule has 25 heavy (non-hydrogen) atoms. The molecule has 0 bridgehead atoms. The van der Waals surface area contributed by atoms with Crippen LogP contribution in [0.5, 0.6) is 0 Å². The van der Waals surface area contributed by atoms with E-state index in [1.807, 2.05) is 0 Å². The van der Waals surface area contributed by atoms with E-state index in [4.69, 9.17) is 0 Å². The van der Waals surface area contributed by atoms with Crippen molar-refractivity contribution in [2.75, 3.05) is 13.1 Å². The summed E-state index contributed by atoms with van der Waals surface area (Å²) in [4.78, 5) is 19.4. The van der Waals surface area contributed by atoms with Crippen LogP contribution in [0.25, 0.3) is 0 Å². The first kappa shape index (κ1) is 18.6. The molecule has 2 atom stereocenters. The summed E-state index contributed by atoms with van der Waals surface area (Å²) in [7, 11) is 0. The number of rotatable bonds is 3. The smallest absolute Gasteiger partial charge is 0.253 e. The van der Waals surface area contributed by atoms with Gasteiger partial charge in [0.15, 0.2) is 0 Å². The van der Waals surface area contributed by atoms with Gasteiger partial charge in [-0.25, -0.2) is 4.98 Å². The van der Waals surface area contributed by atoms with Gasteiger partial charge in [-0.3, -0.25) is 14.3 Å². The van der Waals surface area contributed by atoms with Gasteiger partial charge in [-0.2, -0.15) is 0 Å². The summed E-state index contributed by atoms with van der Waals surface area (Å²) in [5, 5.41) is 10.3. The van der Waals surface area contributed by atoms with Crippen molar-refractivity contribution in [3.8, 4) is 0 Å². The van der Waals surface area contributed by atoms with Crippen LogP contribution in [-0.4, -0.2) is 44.8 Å². The van der Waals surface area contributed by atoms with E-state index in [-0.39, 0.29) is 17.1 Å². The standard InChI is InChI=1S/C20H33N3O2/c1-20(2,3)18-12-19(25)23(14-21-18)13-15-8-10-22(11-9-15)16-6-4-5-7-17(16)24/h12,14-17,24H,4-11,13H2,1-3H3. The zero-order valence-corrected chi connectivity index (χ0v) is 15.9. The van der Waals surface area contributed by atoms with Crippen LogP contribution in [0, 0.1) is 5.92 Å². The van der Waals surface area contributed by atoms with Crippen LogP contribution < -0.4 is 5.56 Å². The van der Waals surface area contributed by atoms with E-state index in [0.717, 1.165) is 57.4 Å². The van der Waals surface area contributed by atoms with Crippen LogP contribution in [0.3, 0.4) is 0 Å². The number of hydrogen-bond acceptors (Lipinski definition) is 4. The summed E-state index contributed by atoms with van der Waals surface area (Å²) in [6.07, 6.45) is 8.24. The summed E-state index contributed by atoms with van der Waals surface area (Å²) in [6, 6.07) is 2.04. The molecular weight excluding hydrogens is 314 g/mol. The van der Waals surface area contributed by atoms with E-state index in [1.54, 1.807) is 17.0 Å². The first-order valence-electron chi connectivity index (χ1n) is 9.83. The van der Waals surface area contributed by atoms with Crippen molar-refractivity contribution in [1.29, 1.82) is 0 Å². The van der Waals surface area contributed by atoms with E-state index in [0.29, 0.717) is 12.0 Å². The minimum Gasteiger partial charge on any atom is -0.391 e. The normalized spacial score (nSPS) is 26.7. The van der Waals surface area contributed by atoms with Gasteiger partial charge in [0, 0.05) is 24.1 Å². The van der Waals surface area contributed by atoms with Gasteiger partial charge in [0.25, 0.3) is 5.56 Å². The molecule has 1 N–H and O–H groups in total. The molecule has 2 unspecified atom stereocenters. The van der Waals surface area contributed by atoms with Gasteiger partial charge in [-0.05, 0) is 44.7 Å². The van der Waals surface area contributed by atoms with Crippen LogP contribution in [0.4, 0.5) is 0 Å². The lowest BCUT2D eigenvalue weighted by atomic mass is 9.88. The molecule has 3 rings (SSSR count). The molecule has 1 saturated carbocycles. The lowest BCUT2D eigenvalue weighted by Crippen LogP contribution is -2.49. The Balaban J connectivity index is 1.56. The fourth-order valence-corrected chi connectivity index (χ4v) is 4.24. The van der Waals surface area contributed by atoms with Gasteiger partial charge < -0.3 is 5.11 Å². The average molecular weight is 348 g/mol. The molecule has 2 fully saturated rings. The Hall–Kier alpha value is -1.20. The third kappa shape index (κ3) is 4.50. The number of aromatic nitrogens is 2. The molecule has 1 aliphatic carbocycles. The molecule has 2 heterocycles. The zero-order valence-electron chi connectivity index (χ0n) is 15.9. The third-order valence-corrected chi connectivity index (χ3v) is 5.91.